The first-order chi connectivity index (χ1) is 13.0. The van der Waals surface area contributed by atoms with Gasteiger partial charge in [0.2, 0.25) is 11.0 Å². The van der Waals surface area contributed by atoms with Crippen molar-refractivity contribution in [3.8, 4) is 11.4 Å². The van der Waals surface area contributed by atoms with Gasteiger partial charge in [-0.1, -0.05) is 30.3 Å². The zero-order chi connectivity index (χ0) is 19.2. The van der Waals surface area contributed by atoms with Crippen molar-refractivity contribution in [1.82, 2.24) is 5.27 Å². The van der Waals surface area contributed by atoms with Crippen LogP contribution in [0.25, 0.3) is 5.69 Å². The van der Waals surface area contributed by atoms with Gasteiger partial charge in [-0.25, -0.2) is 0 Å². The summed E-state index contributed by atoms with van der Waals surface area (Å²) in [6.07, 6.45) is 0.750. The summed E-state index contributed by atoms with van der Waals surface area (Å²) in [6.45, 7) is 0. The standard InChI is InChI=1S/C18H16N4O5.ClH/c19-15(17(23)24)10-12-6-8-14(9-7-12)26-18(25)20-16-11-22(21-27-16)13-4-2-1-3-5-13;/h1-9,11,15H,10,19H2,(H-,20,21,23,24,25);1H/t15-;/m0./s1. The van der Waals surface area contributed by atoms with Crippen molar-refractivity contribution in [2.75, 3.05) is 0 Å². The highest BCUT2D eigenvalue weighted by Crippen LogP contribution is 2.14. The molecule has 0 aliphatic heterocycles. The maximum atomic E-state index is 11.9. The van der Waals surface area contributed by atoms with E-state index in [1.165, 1.54) is 23.0 Å². The number of carboxylic acids is 1. The molecule has 2 aromatic carbocycles. The third-order valence-corrected chi connectivity index (χ3v) is 3.58. The van der Waals surface area contributed by atoms with Gasteiger partial charge < -0.3 is 20.7 Å². The second-order valence-electron chi connectivity index (χ2n) is 5.59. The Kier molecular flexibility index (Phi) is 7.08. The van der Waals surface area contributed by atoms with Crippen LogP contribution in [0.4, 0.5) is 5.88 Å². The van der Waals surface area contributed by atoms with Crippen LogP contribution in [0, 0.1) is 0 Å². The van der Waals surface area contributed by atoms with Crippen molar-refractivity contribution in [3.05, 3.63) is 66.4 Å². The van der Waals surface area contributed by atoms with Crippen LogP contribution in [0.15, 0.2) is 70.3 Å². The Labute approximate surface area is 166 Å². The van der Waals surface area contributed by atoms with Crippen LogP contribution in [0.5, 0.6) is 5.75 Å². The van der Waals surface area contributed by atoms with Gasteiger partial charge in [0, 0.05) is 17.9 Å². The monoisotopic (exact) mass is 404 g/mol. The highest BCUT2D eigenvalue weighted by atomic mass is 35.5. The van der Waals surface area contributed by atoms with Gasteiger partial charge in [0.15, 0.2) is 6.08 Å². The Morgan fingerprint density at radius 2 is 1.93 bits per heavy atom. The van der Waals surface area contributed by atoms with Crippen LogP contribution in [-0.2, 0) is 11.2 Å². The van der Waals surface area contributed by atoms with Gasteiger partial charge in [-0.3, -0.25) is 9.32 Å². The fourth-order valence-corrected chi connectivity index (χ4v) is 2.24. The van der Waals surface area contributed by atoms with Gasteiger partial charge in [-0.05, 0) is 28.8 Å². The zero-order valence-electron chi connectivity index (χ0n) is 14.5. The molecule has 0 amide bonds. The summed E-state index contributed by atoms with van der Waals surface area (Å²) in [7, 11) is 0. The summed E-state index contributed by atoms with van der Waals surface area (Å²) in [5, 5.41) is 24.5. The lowest BCUT2D eigenvalue weighted by molar-refractivity contribution is -0.670. The Morgan fingerprint density at radius 3 is 2.57 bits per heavy atom. The second-order valence-corrected chi connectivity index (χ2v) is 5.59. The quantitative estimate of drug-likeness (QED) is 0.351. The van der Waals surface area contributed by atoms with Crippen molar-refractivity contribution >= 4 is 30.3 Å². The maximum Gasteiger partial charge on any atom is 0.323 e. The van der Waals surface area contributed by atoms with Crippen LogP contribution < -0.4 is 20.3 Å². The van der Waals surface area contributed by atoms with Gasteiger partial charge in [0.1, 0.15) is 6.04 Å². The molecule has 3 aromatic rings. The predicted octanol–water partition coefficient (Wildman–Crippen LogP) is 0.754. The largest absolute Gasteiger partial charge is 0.566 e. The molecule has 3 rings (SSSR count). The van der Waals surface area contributed by atoms with Crippen LogP contribution in [-0.4, -0.2) is 28.5 Å². The number of carboxylic acid groups (broad SMARTS) is 1. The number of hydrogen-bond donors (Lipinski definition) is 2. The summed E-state index contributed by atoms with van der Waals surface area (Å²) in [5.74, 6) is -0.830. The fraction of sp³-hybridized carbons (Fsp3) is 0.111. The Hall–Kier alpha value is -3.43. The number of aliphatic carboxylic acids is 1. The Morgan fingerprint density at radius 1 is 1.25 bits per heavy atom. The van der Waals surface area contributed by atoms with E-state index in [1.54, 1.807) is 12.1 Å². The number of halogens is 1. The van der Waals surface area contributed by atoms with Crippen molar-refractivity contribution in [1.29, 1.82) is 0 Å². The average Bonchev–Trinajstić information content (AvgIpc) is 3.12. The number of ether oxygens (including phenoxy) is 1. The average molecular weight is 405 g/mol. The van der Waals surface area contributed by atoms with Gasteiger partial charge in [-0.15, -0.1) is 12.4 Å². The lowest BCUT2D eigenvalue weighted by atomic mass is 10.1. The van der Waals surface area contributed by atoms with Crippen molar-refractivity contribution in [2.24, 2.45) is 10.7 Å². The van der Waals surface area contributed by atoms with E-state index in [9.17, 15) is 9.90 Å². The van der Waals surface area contributed by atoms with E-state index >= 15 is 0 Å². The molecule has 0 saturated heterocycles. The smallest absolute Gasteiger partial charge is 0.323 e. The molecule has 0 unspecified atom stereocenters. The van der Waals surface area contributed by atoms with E-state index < -0.39 is 18.1 Å². The molecule has 0 fully saturated rings. The number of hydrogen-bond acceptors (Lipinski definition) is 7. The van der Waals surface area contributed by atoms with E-state index in [2.05, 4.69) is 10.3 Å². The first-order valence-corrected chi connectivity index (χ1v) is 7.96. The molecule has 146 valence electrons. The molecule has 0 bridgehead atoms. The van der Waals surface area contributed by atoms with Crippen molar-refractivity contribution in [2.45, 2.75) is 12.5 Å². The molecule has 1 atom stereocenters. The summed E-state index contributed by atoms with van der Waals surface area (Å²) in [6, 6.07) is 14.5. The van der Waals surface area contributed by atoms with Crippen molar-refractivity contribution < 1.29 is 28.9 Å². The number of nitrogens with zero attached hydrogens (tertiary/aromatic N) is 3. The van der Waals surface area contributed by atoms with Gasteiger partial charge in [0.05, 0.1) is 0 Å². The summed E-state index contributed by atoms with van der Waals surface area (Å²) < 4.78 is 11.5. The number of para-hydroxylation sites is 1. The number of aliphatic imine (C=N–C) groups is 1. The fourth-order valence-electron chi connectivity index (χ4n) is 2.24. The van der Waals surface area contributed by atoms with E-state index in [0.29, 0.717) is 5.56 Å². The van der Waals surface area contributed by atoms with Crippen LogP contribution >= 0.6 is 12.4 Å². The summed E-state index contributed by atoms with van der Waals surface area (Å²) in [5.41, 5.74) is 6.94. The number of benzene rings is 2. The van der Waals surface area contributed by atoms with Crippen LogP contribution in [0.2, 0.25) is 0 Å². The highest BCUT2D eigenvalue weighted by molar-refractivity contribution is 5.85. The van der Waals surface area contributed by atoms with E-state index in [4.69, 9.17) is 20.1 Å². The van der Waals surface area contributed by atoms with Crippen LogP contribution in [0.1, 0.15) is 5.56 Å². The molecule has 0 spiro atoms. The molecule has 0 aliphatic rings. The second kappa shape index (κ2) is 9.49. The normalized spacial score (nSPS) is 12.1. The number of carbonyl (C=O) groups is 1. The minimum Gasteiger partial charge on any atom is -0.566 e. The lowest BCUT2D eigenvalue weighted by Crippen LogP contribution is -2.32. The third-order valence-electron chi connectivity index (χ3n) is 3.58. The molecule has 10 heteroatoms. The molecule has 1 heterocycles. The minimum absolute atomic E-state index is 0. The molecule has 0 radical (unpaired) electrons. The van der Waals surface area contributed by atoms with E-state index in [1.807, 2.05) is 30.3 Å². The lowest BCUT2D eigenvalue weighted by Gasteiger charge is -2.14. The minimum atomic E-state index is -1.08. The zero-order valence-corrected chi connectivity index (χ0v) is 15.3. The van der Waals surface area contributed by atoms with Gasteiger partial charge >= 0.3 is 11.9 Å². The molecular weight excluding hydrogens is 388 g/mol. The highest BCUT2D eigenvalue weighted by Gasteiger charge is 2.14. The van der Waals surface area contributed by atoms with Gasteiger partial charge in [-0.2, -0.15) is 4.99 Å². The first-order valence-electron chi connectivity index (χ1n) is 7.96. The molecule has 3 N–H and O–H groups in total. The third kappa shape index (κ3) is 5.53. The molecular formula is C18H17ClN4O5. The molecule has 0 saturated carbocycles. The number of rotatable bonds is 6. The molecule has 9 nitrogen and oxygen atoms in total. The summed E-state index contributed by atoms with van der Waals surface area (Å²) in [4.78, 5) is 14.4. The number of aromatic nitrogens is 2. The predicted molar refractivity (Wildman–Crippen MR) is 98.8 cm³/mol. The first kappa shape index (κ1) is 20.9. The SMILES string of the molecule is Cl.N[C@@H](Cc1ccc(O/C([O-])=N/c2c[n+](-c3ccccc3)no2)cc1)C(=O)O. The summed E-state index contributed by atoms with van der Waals surface area (Å²) >= 11 is 0. The van der Waals surface area contributed by atoms with Gasteiger partial charge in [0.25, 0.3) is 6.20 Å². The van der Waals surface area contributed by atoms with Crippen LogP contribution in [0.3, 0.4) is 0 Å². The molecule has 28 heavy (non-hydrogen) atoms. The number of nitrogens with two attached hydrogens (primary N) is 1. The Balaban J connectivity index is 0.00000280. The Bertz CT molecular complexity index is 944. The molecule has 0 aliphatic carbocycles. The topological polar surface area (TPSA) is 138 Å². The maximum absolute atomic E-state index is 11.9. The van der Waals surface area contributed by atoms with E-state index in [-0.39, 0.29) is 30.5 Å². The van der Waals surface area contributed by atoms with Crippen molar-refractivity contribution in [3.63, 3.8) is 0 Å². The van der Waals surface area contributed by atoms with E-state index in [0.717, 1.165) is 5.69 Å². The molecule has 1 aromatic heterocycles.